The molecule has 1 aliphatic rings. The van der Waals surface area contributed by atoms with Crippen LogP contribution in [0.3, 0.4) is 0 Å². The highest BCUT2D eigenvalue weighted by atomic mass is 16.6. The van der Waals surface area contributed by atoms with E-state index in [1.165, 1.54) is 6.42 Å². The topological polar surface area (TPSA) is 58.6 Å². The summed E-state index contributed by atoms with van der Waals surface area (Å²) < 4.78 is 5.13. The standard InChI is InChI=1S/C16H23NO3/c1-2-13-8-10-16(19,11-9-13)12-17-15(18)20-14-6-4-3-5-7-14/h3-7,13,19H,2,8-12H2,1H3,(H,17,18). The molecule has 1 aromatic carbocycles. The molecule has 1 amide bonds. The summed E-state index contributed by atoms with van der Waals surface area (Å²) in [5, 5.41) is 13.1. The summed E-state index contributed by atoms with van der Waals surface area (Å²) in [5.74, 6) is 1.22. The van der Waals surface area contributed by atoms with Crippen molar-refractivity contribution in [2.45, 2.75) is 44.6 Å². The Morgan fingerprint density at radius 2 is 2.00 bits per heavy atom. The molecule has 110 valence electrons. The average molecular weight is 277 g/mol. The first-order chi connectivity index (χ1) is 9.61. The number of ether oxygens (including phenoxy) is 1. The van der Waals surface area contributed by atoms with E-state index in [-0.39, 0.29) is 6.54 Å². The number of carbonyl (C=O) groups is 1. The Morgan fingerprint density at radius 1 is 1.35 bits per heavy atom. The number of amides is 1. The van der Waals surface area contributed by atoms with E-state index >= 15 is 0 Å². The van der Waals surface area contributed by atoms with Crippen molar-refractivity contribution in [3.05, 3.63) is 30.3 Å². The summed E-state index contributed by atoms with van der Waals surface area (Å²) in [6, 6.07) is 8.92. The number of para-hydroxylation sites is 1. The molecule has 2 N–H and O–H groups in total. The second kappa shape index (κ2) is 6.75. The first-order valence-electron chi connectivity index (χ1n) is 7.34. The van der Waals surface area contributed by atoms with Crippen LogP contribution in [0.1, 0.15) is 39.0 Å². The van der Waals surface area contributed by atoms with Gasteiger partial charge in [0.15, 0.2) is 0 Å². The van der Waals surface area contributed by atoms with E-state index in [2.05, 4.69) is 12.2 Å². The van der Waals surface area contributed by atoms with E-state index in [1.807, 2.05) is 18.2 Å². The Balaban J connectivity index is 1.76. The van der Waals surface area contributed by atoms with Crippen LogP contribution in [0.2, 0.25) is 0 Å². The van der Waals surface area contributed by atoms with Gasteiger partial charge in [0, 0.05) is 6.54 Å². The molecule has 0 atom stereocenters. The molecule has 4 nitrogen and oxygen atoms in total. The maximum Gasteiger partial charge on any atom is 0.412 e. The average Bonchev–Trinajstić information content (AvgIpc) is 2.47. The molecular formula is C16H23NO3. The van der Waals surface area contributed by atoms with Crippen LogP contribution in [0, 0.1) is 5.92 Å². The molecule has 0 radical (unpaired) electrons. The molecule has 0 heterocycles. The molecule has 0 saturated heterocycles. The second-order valence-electron chi connectivity index (χ2n) is 5.63. The summed E-state index contributed by atoms with van der Waals surface area (Å²) in [6.45, 7) is 2.44. The van der Waals surface area contributed by atoms with Crippen molar-refractivity contribution >= 4 is 6.09 Å². The zero-order valence-electron chi connectivity index (χ0n) is 12.0. The molecule has 2 rings (SSSR count). The van der Waals surface area contributed by atoms with Crippen molar-refractivity contribution in [1.82, 2.24) is 5.32 Å². The van der Waals surface area contributed by atoms with Gasteiger partial charge in [0.05, 0.1) is 5.60 Å². The minimum Gasteiger partial charge on any atom is -0.410 e. The minimum absolute atomic E-state index is 0.259. The smallest absolute Gasteiger partial charge is 0.410 e. The van der Waals surface area contributed by atoms with Crippen LogP contribution in [-0.4, -0.2) is 23.3 Å². The Labute approximate surface area is 120 Å². The van der Waals surface area contributed by atoms with Gasteiger partial charge in [-0.2, -0.15) is 0 Å². The van der Waals surface area contributed by atoms with Gasteiger partial charge in [-0.15, -0.1) is 0 Å². The van der Waals surface area contributed by atoms with E-state index in [0.29, 0.717) is 11.7 Å². The highest BCUT2D eigenvalue weighted by Crippen LogP contribution is 2.33. The lowest BCUT2D eigenvalue weighted by molar-refractivity contribution is -0.00748. The quantitative estimate of drug-likeness (QED) is 0.889. The number of carbonyl (C=O) groups excluding carboxylic acids is 1. The third-order valence-electron chi connectivity index (χ3n) is 4.13. The molecule has 1 aromatic rings. The molecule has 0 aromatic heterocycles. The van der Waals surface area contributed by atoms with E-state index in [4.69, 9.17) is 4.74 Å². The highest BCUT2D eigenvalue weighted by molar-refractivity contribution is 5.70. The van der Waals surface area contributed by atoms with Crippen LogP contribution >= 0.6 is 0 Å². The normalized spacial score (nSPS) is 26.0. The SMILES string of the molecule is CCC1CCC(O)(CNC(=O)Oc2ccccc2)CC1. The van der Waals surface area contributed by atoms with E-state index in [1.54, 1.807) is 12.1 Å². The van der Waals surface area contributed by atoms with Crippen LogP contribution in [0.15, 0.2) is 30.3 Å². The van der Waals surface area contributed by atoms with Crippen LogP contribution < -0.4 is 10.1 Å². The first kappa shape index (κ1) is 14.9. The van der Waals surface area contributed by atoms with Crippen LogP contribution in [-0.2, 0) is 0 Å². The number of nitrogens with one attached hydrogen (secondary N) is 1. The van der Waals surface area contributed by atoms with Gasteiger partial charge in [-0.25, -0.2) is 4.79 Å². The number of hydrogen-bond donors (Lipinski definition) is 2. The second-order valence-corrected chi connectivity index (χ2v) is 5.63. The van der Waals surface area contributed by atoms with Gasteiger partial charge in [-0.3, -0.25) is 0 Å². The maximum absolute atomic E-state index is 11.7. The molecule has 1 saturated carbocycles. The Bertz CT molecular complexity index is 425. The third-order valence-corrected chi connectivity index (χ3v) is 4.13. The molecule has 0 aliphatic heterocycles. The van der Waals surface area contributed by atoms with Crippen molar-refractivity contribution < 1.29 is 14.6 Å². The molecule has 20 heavy (non-hydrogen) atoms. The molecule has 0 bridgehead atoms. The zero-order chi connectivity index (χ0) is 14.4. The number of hydrogen-bond acceptors (Lipinski definition) is 3. The van der Waals surface area contributed by atoms with Gasteiger partial charge >= 0.3 is 6.09 Å². The lowest BCUT2D eigenvalue weighted by Gasteiger charge is -2.35. The molecule has 1 aliphatic carbocycles. The van der Waals surface area contributed by atoms with Crippen molar-refractivity contribution in [2.24, 2.45) is 5.92 Å². The third kappa shape index (κ3) is 4.23. The van der Waals surface area contributed by atoms with Gasteiger partial charge in [-0.1, -0.05) is 31.5 Å². The van der Waals surface area contributed by atoms with Gasteiger partial charge in [0.1, 0.15) is 5.75 Å². The molecular weight excluding hydrogens is 254 g/mol. The highest BCUT2D eigenvalue weighted by Gasteiger charge is 2.33. The van der Waals surface area contributed by atoms with Crippen LogP contribution in [0.5, 0.6) is 5.75 Å². The Kier molecular flexibility index (Phi) is 5.01. The van der Waals surface area contributed by atoms with Crippen molar-refractivity contribution in [3.63, 3.8) is 0 Å². The fourth-order valence-corrected chi connectivity index (χ4v) is 2.67. The van der Waals surface area contributed by atoms with E-state index in [9.17, 15) is 9.90 Å². The summed E-state index contributed by atoms with van der Waals surface area (Å²) in [6.07, 6.45) is 4.21. The Hall–Kier alpha value is -1.55. The summed E-state index contributed by atoms with van der Waals surface area (Å²) >= 11 is 0. The fourth-order valence-electron chi connectivity index (χ4n) is 2.67. The predicted molar refractivity (Wildman–Crippen MR) is 77.7 cm³/mol. The largest absolute Gasteiger partial charge is 0.412 e. The maximum atomic E-state index is 11.7. The lowest BCUT2D eigenvalue weighted by atomic mass is 9.78. The number of rotatable bonds is 4. The molecule has 0 unspecified atom stereocenters. The van der Waals surface area contributed by atoms with Crippen molar-refractivity contribution in [2.75, 3.05) is 6.54 Å². The monoisotopic (exact) mass is 277 g/mol. The molecule has 4 heteroatoms. The van der Waals surface area contributed by atoms with Gasteiger partial charge in [-0.05, 0) is 43.7 Å². The van der Waals surface area contributed by atoms with E-state index < -0.39 is 11.7 Å². The van der Waals surface area contributed by atoms with Gasteiger partial charge in [0.25, 0.3) is 0 Å². The first-order valence-corrected chi connectivity index (χ1v) is 7.34. The predicted octanol–water partition coefficient (Wildman–Crippen LogP) is 3.11. The summed E-state index contributed by atoms with van der Waals surface area (Å²) in [5.41, 5.74) is -0.776. The fraction of sp³-hybridized carbons (Fsp3) is 0.562. The van der Waals surface area contributed by atoms with Crippen LogP contribution in [0.4, 0.5) is 4.79 Å². The van der Waals surface area contributed by atoms with Crippen LogP contribution in [0.25, 0.3) is 0 Å². The molecule has 0 spiro atoms. The summed E-state index contributed by atoms with van der Waals surface area (Å²) in [7, 11) is 0. The number of aliphatic hydroxyl groups is 1. The van der Waals surface area contributed by atoms with Crippen molar-refractivity contribution in [1.29, 1.82) is 0 Å². The Morgan fingerprint density at radius 3 is 2.60 bits per heavy atom. The van der Waals surface area contributed by atoms with E-state index in [0.717, 1.165) is 25.7 Å². The minimum atomic E-state index is -0.776. The van der Waals surface area contributed by atoms with Gasteiger partial charge < -0.3 is 15.2 Å². The van der Waals surface area contributed by atoms with Gasteiger partial charge in [0.2, 0.25) is 0 Å². The molecule has 1 fully saturated rings. The van der Waals surface area contributed by atoms with Crippen molar-refractivity contribution in [3.8, 4) is 5.75 Å². The summed E-state index contributed by atoms with van der Waals surface area (Å²) in [4.78, 5) is 11.7. The lowest BCUT2D eigenvalue weighted by Crippen LogP contribution is -2.46. The number of benzene rings is 1. The zero-order valence-corrected chi connectivity index (χ0v) is 12.0.